The first-order chi connectivity index (χ1) is 8.74. The van der Waals surface area contributed by atoms with Crippen molar-refractivity contribution in [1.82, 2.24) is 4.98 Å². The van der Waals surface area contributed by atoms with Crippen molar-refractivity contribution in [2.75, 3.05) is 5.73 Å². The number of rotatable bonds is 1. The van der Waals surface area contributed by atoms with E-state index in [0.29, 0.717) is 10.7 Å². The lowest BCUT2D eigenvalue weighted by Crippen LogP contribution is -1.90. The van der Waals surface area contributed by atoms with Gasteiger partial charge in [0.05, 0.1) is 5.52 Å². The van der Waals surface area contributed by atoms with Crippen LogP contribution in [0.1, 0.15) is 0 Å². The lowest BCUT2D eigenvalue weighted by molar-refractivity contribution is 1.41. The highest BCUT2D eigenvalue weighted by atomic mass is 35.5. The van der Waals surface area contributed by atoms with Crippen LogP contribution in [0.5, 0.6) is 0 Å². The number of nitrogens with zero attached hydrogens (tertiary/aromatic N) is 1. The summed E-state index contributed by atoms with van der Waals surface area (Å²) in [7, 11) is 0. The van der Waals surface area contributed by atoms with Crippen LogP contribution in [0.15, 0.2) is 54.7 Å². The second-order valence-corrected chi connectivity index (χ2v) is 4.58. The molecule has 0 fully saturated rings. The van der Waals surface area contributed by atoms with Gasteiger partial charge in [-0.3, -0.25) is 4.98 Å². The second kappa shape index (κ2) is 4.31. The number of nitrogens with two attached hydrogens (primary N) is 1. The summed E-state index contributed by atoms with van der Waals surface area (Å²) in [6.07, 6.45) is 1.79. The maximum atomic E-state index is 6.00. The van der Waals surface area contributed by atoms with Gasteiger partial charge in [-0.2, -0.15) is 0 Å². The zero-order valence-corrected chi connectivity index (χ0v) is 10.4. The Hall–Kier alpha value is -2.06. The molecule has 0 saturated heterocycles. The zero-order chi connectivity index (χ0) is 12.5. The summed E-state index contributed by atoms with van der Waals surface area (Å²) in [5.41, 5.74) is 9.73. The van der Waals surface area contributed by atoms with Gasteiger partial charge in [-0.05, 0) is 35.9 Å². The third kappa shape index (κ3) is 1.91. The van der Waals surface area contributed by atoms with E-state index in [1.54, 1.807) is 12.3 Å². The highest BCUT2D eigenvalue weighted by Crippen LogP contribution is 2.30. The van der Waals surface area contributed by atoms with E-state index in [1.807, 2.05) is 36.4 Å². The Morgan fingerprint density at radius 1 is 1.00 bits per heavy atom. The van der Waals surface area contributed by atoms with Crippen molar-refractivity contribution in [1.29, 1.82) is 0 Å². The van der Waals surface area contributed by atoms with Gasteiger partial charge in [0.25, 0.3) is 0 Å². The molecular formula is C15H11ClN2. The van der Waals surface area contributed by atoms with E-state index in [2.05, 4.69) is 11.1 Å². The topological polar surface area (TPSA) is 38.9 Å². The van der Waals surface area contributed by atoms with Crippen LogP contribution in [0.3, 0.4) is 0 Å². The number of nitrogen functional groups attached to an aromatic ring is 1. The molecular weight excluding hydrogens is 244 g/mol. The van der Waals surface area contributed by atoms with Crippen LogP contribution in [-0.2, 0) is 0 Å². The zero-order valence-electron chi connectivity index (χ0n) is 9.60. The maximum Gasteiger partial charge on any atom is 0.0702 e. The molecule has 0 atom stereocenters. The van der Waals surface area contributed by atoms with Gasteiger partial charge in [0.15, 0.2) is 0 Å². The first-order valence-corrected chi connectivity index (χ1v) is 6.02. The van der Waals surface area contributed by atoms with Crippen LogP contribution in [-0.4, -0.2) is 4.98 Å². The largest absolute Gasteiger partial charge is 0.398 e. The van der Waals surface area contributed by atoms with Crippen molar-refractivity contribution >= 4 is 28.2 Å². The van der Waals surface area contributed by atoms with Gasteiger partial charge in [-0.25, -0.2) is 0 Å². The molecule has 88 valence electrons. The van der Waals surface area contributed by atoms with Crippen molar-refractivity contribution in [2.45, 2.75) is 0 Å². The summed E-state index contributed by atoms with van der Waals surface area (Å²) >= 11 is 5.91. The van der Waals surface area contributed by atoms with Crippen molar-refractivity contribution in [2.24, 2.45) is 0 Å². The van der Waals surface area contributed by atoms with Gasteiger partial charge in [-0.1, -0.05) is 29.8 Å². The molecule has 0 aliphatic heterocycles. The van der Waals surface area contributed by atoms with Gasteiger partial charge in [-0.15, -0.1) is 0 Å². The number of pyridine rings is 1. The Balaban J connectivity index is 2.19. The van der Waals surface area contributed by atoms with E-state index in [1.165, 1.54) is 0 Å². The Kier molecular flexibility index (Phi) is 2.65. The fourth-order valence-corrected chi connectivity index (χ4v) is 2.22. The molecule has 18 heavy (non-hydrogen) atoms. The highest BCUT2D eigenvalue weighted by molar-refractivity contribution is 6.31. The number of hydrogen-bond donors (Lipinski definition) is 1. The number of hydrogen-bond acceptors (Lipinski definition) is 2. The molecule has 0 bridgehead atoms. The molecule has 1 heterocycles. The lowest BCUT2D eigenvalue weighted by atomic mass is 10.0. The third-order valence-corrected chi connectivity index (χ3v) is 3.16. The number of halogens is 1. The Bertz CT molecular complexity index is 723. The standard InChI is InChI=1S/C15H11ClN2/c16-12-4-5-13(14(17)9-12)10-3-6-15-11(8-10)2-1-7-18-15/h1-9H,17H2. The van der Waals surface area contributed by atoms with Gasteiger partial charge in [0.1, 0.15) is 0 Å². The first kappa shape index (κ1) is 11.1. The number of anilines is 1. The molecule has 0 spiro atoms. The van der Waals surface area contributed by atoms with E-state index >= 15 is 0 Å². The number of benzene rings is 2. The van der Waals surface area contributed by atoms with Crippen LogP contribution < -0.4 is 5.73 Å². The van der Waals surface area contributed by atoms with Crippen LogP contribution in [0.25, 0.3) is 22.0 Å². The average Bonchev–Trinajstić information content (AvgIpc) is 2.38. The molecule has 0 aliphatic rings. The summed E-state index contributed by atoms with van der Waals surface area (Å²) in [6, 6.07) is 15.6. The smallest absolute Gasteiger partial charge is 0.0702 e. The monoisotopic (exact) mass is 254 g/mol. The van der Waals surface area contributed by atoms with Gasteiger partial charge in [0, 0.05) is 27.9 Å². The Morgan fingerprint density at radius 3 is 2.72 bits per heavy atom. The molecule has 0 radical (unpaired) electrons. The van der Waals surface area contributed by atoms with E-state index in [4.69, 9.17) is 17.3 Å². The first-order valence-electron chi connectivity index (χ1n) is 5.64. The van der Waals surface area contributed by atoms with E-state index in [0.717, 1.165) is 22.0 Å². The molecule has 0 amide bonds. The molecule has 2 nitrogen and oxygen atoms in total. The molecule has 2 N–H and O–H groups in total. The van der Waals surface area contributed by atoms with Crippen molar-refractivity contribution < 1.29 is 0 Å². The van der Waals surface area contributed by atoms with Crippen molar-refractivity contribution in [3.8, 4) is 11.1 Å². The predicted molar refractivity (Wildman–Crippen MR) is 76.6 cm³/mol. The molecule has 3 heteroatoms. The Labute approximate surface area is 110 Å². The molecule has 0 saturated carbocycles. The predicted octanol–water partition coefficient (Wildman–Crippen LogP) is 4.14. The molecule has 3 aromatic rings. The number of fused-ring (bicyclic) bond motifs is 1. The lowest BCUT2D eigenvalue weighted by Gasteiger charge is -2.07. The molecule has 1 aromatic heterocycles. The van der Waals surface area contributed by atoms with Crippen LogP contribution in [0.4, 0.5) is 5.69 Å². The van der Waals surface area contributed by atoms with Gasteiger partial charge < -0.3 is 5.73 Å². The van der Waals surface area contributed by atoms with E-state index in [-0.39, 0.29) is 0 Å². The van der Waals surface area contributed by atoms with Crippen LogP contribution in [0.2, 0.25) is 5.02 Å². The minimum absolute atomic E-state index is 0.652. The molecule has 0 unspecified atom stereocenters. The fraction of sp³-hybridized carbons (Fsp3) is 0. The summed E-state index contributed by atoms with van der Waals surface area (Å²) in [5, 5.41) is 1.75. The SMILES string of the molecule is Nc1cc(Cl)ccc1-c1ccc2ncccc2c1. The van der Waals surface area contributed by atoms with Crippen LogP contribution >= 0.6 is 11.6 Å². The minimum atomic E-state index is 0.652. The van der Waals surface area contributed by atoms with Crippen molar-refractivity contribution in [3.05, 3.63) is 59.8 Å². The van der Waals surface area contributed by atoms with E-state index < -0.39 is 0 Å². The minimum Gasteiger partial charge on any atom is -0.398 e. The average molecular weight is 255 g/mol. The van der Waals surface area contributed by atoms with Gasteiger partial charge in [0.2, 0.25) is 0 Å². The summed E-state index contributed by atoms with van der Waals surface area (Å²) in [5.74, 6) is 0. The number of aromatic nitrogens is 1. The molecule has 2 aromatic carbocycles. The van der Waals surface area contributed by atoms with Gasteiger partial charge >= 0.3 is 0 Å². The molecule has 0 aliphatic carbocycles. The normalized spacial score (nSPS) is 10.7. The molecule has 3 rings (SSSR count). The van der Waals surface area contributed by atoms with Crippen molar-refractivity contribution in [3.63, 3.8) is 0 Å². The fourth-order valence-electron chi connectivity index (χ4n) is 2.04. The maximum absolute atomic E-state index is 6.00. The quantitative estimate of drug-likeness (QED) is 0.663. The third-order valence-electron chi connectivity index (χ3n) is 2.93. The summed E-state index contributed by atoms with van der Waals surface area (Å²) in [6.45, 7) is 0. The second-order valence-electron chi connectivity index (χ2n) is 4.14. The highest BCUT2D eigenvalue weighted by Gasteiger charge is 2.04. The Morgan fingerprint density at radius 2 is 1.89 bits per heavy atom. The van der Waals surface area contributed by atoms with E-state index in [9.17, 15) is 0 Å². The van der Waals surface area contributed by atoms with Crippen LogP contribution in [0, 0.1) is 0 Å². The summed E-state index contributed by atoms with van der Waals surface area (Å²) in [4.78, 5) is 4.30. The summed E-state index contributed by atoms with van der Waals surface area (Å²) < 4.78 is 0.